The minimum absolute atomic E-state index is 0.0402. The maximum Gasteiger partial charge on any atom is 0.239 e. The molecule has 0 aliphatic carbocycles. The van der Waals surface area contributed by atoms with Gasteiger partial charge in [-0.2, -0.15) is 0 Å². The van der Waals surface area contributed by atoms with Crippen LogP contribution in [-0.2, 0) is 14.3 Å². The molecule has 100 valence electrons. The molecule has 1 saturated heterocycles. The zero-order chi connectivity index (χ0) is 12.7. The van der Waals surface area contributed by atoms with Gasteiger partial charge in [0.2, 0.25) is 5.91 Å². The third-order valence-corrected chi connectivity index (χ3v) is 2.94. The number of hydrogen-bond donors (Lipinski definition) is 1. The first-order valence-corrected chi connectivity index (χ1v) is 6.30. The topological polar surface area (TPSA) is 64.8 Å². The average molecular weight is 244 g/mol. The lowest BCUT2D eigenvalue weighted by molar-refractivity contribution is -0.133. The van der Waals surface area contributed by atoms with E-state index in [0.717, 1.165) is 26.0 Å². The van der Waals surface area contributed by atoms with Crippen molar-refractivity contribution in [3.63, 3.8) is 0 Å². The van der Waals surface area contributed by atoms with Crippen LogP contribution in [0.25, 0.3) is 0 Å². The van der Waals surface area contributed by atoms with E-state index < -0.39 is 6.04 Å². The summed E-state index contributed by atoms with van der Waals surface area (Å²) in [7, 11) is 1.65. The Hall–Kier alpha value is -0.650. The largest absolute Gasteiger partial charge is 0.385 e. The molecule has 0 saturated carbocycles. The van der Waals surface area contributed by atoms with Crippen molar-refractivity contribution in [1.29, 1.82) is 0 Å². The number of rotatable bonds is 5. The molecule has 2 atom stereocenters. The summed E-state index contributed by atoms with van der Waals surface area (Å²) in [5, 5.41) is 0. The van der Waals surface area contributed by atoms with Crippen molar-refractivity contribution in [2.24, 2.45) is 5.73 Å². The maximum absolute atomic E-state index is 12.1. The Balaban J connectivity index is 2.38. The second-order valence-corrected chi connectivity index (χ2v) is 4.56. The van der Waals surface area contributed by atoms with Gasteiger partial charge in [-0.05, 0) is 26.2 Å². The van der Waals surface area contributed by atoms with Crippen molar-refractivity contribution in [3.05, 3.63) is 0 Å². The summed E-state index contributed by atoms with van der Waals surface area (Å²) in [4.78, 5) is 13.9. The molecule has 0 aromatic rings. The van der Waals surface area contributed by atoms with Gasteiger partial charge in [-0.3, -0.25) is 4.79 Å². The van der Waals surface area contributed by atoms with Crippen molar-refractivity contribution in [2.45, 2.75) is 38.3 Å². The van der Waals surface area contributed by atoms with E-state index in [2.05, 4.69) is 0 Å². The fourth-order valence-corrected chi connectivity index (χ4v) is 2.00. The van der Waals surface area contributed by atoms with Crippen molar-refractivity contribution in [2.75, 3.05) is 33.4 Å². The number of amides is 1. The quantitative estimate of drug-likeness (QED) is 0.710. The number of ether oxygens (including phenoxy) is 2. The molecule has 5 nitrogen and oxygen atoms in total. The van der Waals surface area contributed by atoms with E-state index in [0.29, 0.717) is 19.6 Å². The third kappa shape index (κ3) is 5.02. The van der Waals surface area contributed by atoms with Crippen molar-refractivity contribution < 1.29 is 14.3 Å². The molecule has 1 aliphatic rings. The number of nitrogens with zero attached hydrogens (tertiary/aromatic N) is 1. The molecule has 0 spiro atoms. The molecule has 2 N–H and O–H groups in total. The summed E-state index contributed by atoms with van der Waals surface area (Å²) in [6, 6.07) is -0.407. The van der Waals surface area contributed by atoms with Crippen LogP contribution in [0.1, 0.15) is 26.2 Å². The summed E-state index contributed by atoms with van der Waals surface area (Å²) in [5.74, 6) is 0.0402. The lowest BCUT2D eigenvalue weighted by Gasteiger charge is -2.25. The van der Waals surface area contributed by atoms with Crippen LogP contribution in [0.15, 0.2) is 0 Å². The van der Waals surface area contributed by atoms with Gasteiger partial charge in [-0.1, -0.05) is 0 Å². The van der Waals surface area contributed by atoms with E-state index in [4.69, 9.17) is 15.2 Å². The van der Waals surface area contributed by atoms with Crippen molar-refractivity contribution in [1.82, 2.24) is 4.90 Å². The number of carbonyl (C=O) groups excluding carboxylic acids is 1. The van der Waals surface area contributed by atoms with Gasteiger partial charge >= 0.3 is 0 Å². The molecule has 0 aromatic heterocycles. The summed E-state index contributed by atoms with van der Waals surface area (Å²) in [6.45, 7) is 4.77. The third-order valence-electron chi connectivity index (χ3n) is 2.94. The molecule has 2 unspecified atom stereocenters. The van der Waals surface area contributed by atoms with E-state index in [1.54, 1.807) is 7.11 Å². The molecule has 0 aromatic carbocycles. The maximum atomic E-state index is 12.1. The van der Waals surface area contributed by atoms with Crippen LogP contribution in [0.2, 0.25) is 0 Å². The van der Waals surface area contributed by atoms with Gasteiger partial charge < -0.3 is 20.1 Å². The highest BCUT2D eigenvalue weighted by atomic mass is 16.5. The fourth-order valence-electron chi connectivity index (χ4n) is 2.00. The summed E-state index contributed by atoms with van der Waals surface area (Å²) in [6.07, 6.45) is 2.50. The summed E-state index contributed by atoms with van der Waals surface area (Å²) < 4.78 is 10.5. The molecule has 0 bridgehead atoms. The first-order chi connectivity index (χ1) is 8.15. The highest BCUT2D eigenvalue weighted by Gasteiger charge is 2.24. The van der Waals surface area contributed by atoms with E-state index >= 15 is 0 Å². The van der Waals surface area contributed by atoms with Gasteiger partial charge in [0.05, 0.1) is 12.1 Å². The predicted octanol–water partition coefficient (Wildman–Crippen LogP) is 0.378. The molecule has 1 rings (SSSR count). The molecule has 1 fully saturated rings. The molecule has 1 heterocycles. The van der Waals surface area contributed by atoms with Gasteiger partial charge in [0.1, 0.15) is 0 Å². The van der Waals surface area contributed by atoms with Gasteiger partial charge in [-0.25, -0.2) is 0 Å². The molecule has 1 aliphatic heterocycles. The molecule has 1 amide bonds. The highest BCUT2D eigenvalue weighted by Crippen LogP contribution is 2.08. The molecule has 0 radical (unpaired) electrons. The van der Waals surface area contributed by atoms with Crippen molar-refractivity contribution >= 4 is 5.91 Å². The molecule has 5 heteroatoms. The van der Waals surface area contributed by atoms with E-state index in [1.807, 2.05) is 11.8 Å². The first kappa shape index (κ1) is 14.4. The number of hydrogen-bond acceptors (Lipinski definition) is 4. The van der Waals surface area contributed by atoms with Crippen LogP contribution in [0.3, 0.4) is 0 Å². The van der Waals surface area contributed by atoms with Crippen LogP contribution in [-0.4, -0.2) is 56.4 Å². The predicted molar refractivity (Wildman–Crippen MR) is 65.7 cm³/mol. The van der Waals surface area contributed by atoms with Crippen LogP contribution < -0.4 is 5.73 Å². The van der Waals surface area contributed by atoms with Gasteiger partial charge in [-0.15, -0.1) is 0 Å². The van der Waals surface area contributed by atoms with E-state index in [9.17, 15) is 4.79 Å². The highest BCUT2D eigenvalue weighted by molar-refractivity contribution is 5.81. The average Bonchev–Trinajstić information content (AvgIpc) is 2.53. The first-order valence-electron chi connectivity index (χ1n) is 6.30. The Morgan fingerprint density at radius 3 is 3.12 bits per heavy atom. The second-order valence-electron chi connectivity index (χ2n) is 4.56. The zero-order valence-corrected chi connectivity index (χ0v) is 10.9. The monoisotopic (exact) mass is 244 g/mol. The Kier molecular flexibility index (Phi) is 6.47. The van der Waals surface area contributed by atoms with Crippen LogP contribution in [0.4, 0.5) is 0 Å². The normalized spacial score (nSPS) is 23.2. The molecular weight excluding hydrogens is 220 g/mol. The van der Waals surface area contributed by atoms with Crippen LogP contribution in [0.5, 0.6) is 0 Å². The number of methoxy groups -OCH3 is 1. The minimum Gasteiger partial charge on any atom is -0.385 e. The fraction of sp³-hybridized carbons (Fsp3) is 0.917. The summed E-state index contributed by atoms with van der Waals surface area (Å²) >= 11 is 0. The van der Waals surface area contributed by atoms with Crippen LogP contribution in [0, 0.1) is 0 Å². The Bertz CT molecular complexity index is 236. The van der Waals surface area contributed by atoms with Gasteiger partial charge in [0.15, 0.2) is 0 Å². The smallest absolute Gasteiger partial charge is 0.239 e. The Labute approximate surface area is 103 Å². The van der Waals surface area contributed by atoms with E-state index in [-0.39, 0.29) is 12.0 Å². The zero-order valence-electron chi connectivity index (χ0n) is 10.9. The summed E-state index contributed by atoms with van der Waals surface area (Å²) in [5.41, 5.74) is 5.90. The SMILES string of the molecule is COCCCC(N)C(=O)N1CCCOC(C)C1. The molecule has 17 heavy (non-hydrogen) atoms. The minimum atomic E-state index is -0.407. The number of carbonyl (C=O) groups is 1. The lowest BCUT2D eigenvalue weighted by Crippen LogP contribution is -2.46. The Morgan fingerprint density at radius 1 is 1.65 bits per heavy atom. The number of nitrogens with two attached hydrogens (primary N) is 1. The van der Waals surface area contributed by atoms with Gasteiger partial charge in [0.25, 0.3) is 0 Å². The lowest BCUT2D eigenvalue weighted by atomic mass is 10.1. The standard InChI is InChI=1S/C12H24N2O3/c1-10-9-14(6-4-8-17-10)12(15)11(13)5-3-7-16-2/h10-11H,3-9,13H2,1-2H3. The Morgan fingerprint density at radius 2 is 2.41 bits per heavy atom. The van der Waals surface area contributed by atoms with Crippen LogP contribution >= 0.6 is 0 Å². The molecular formula is C12H24N2O3. The van der Waals surface area contributed by atoms with Gasteiger partial charge in [0, 0.05) is 33.4 Å². The van der Waals surface area contributed by atoms with Crippen molar-refractivity contribution in [3.8, 4) is 0 Å². The second kappa shape index (κ2) is 7.63. The van der Waals surface area contributed by atoms with E-state index in [1.165, 1.54) is 0 Å².